The number of methoxy groups -OCH3 is 1. The molecule has 1 aliphatic carbocycles. The largest absolute Gasteiger partial charge is 0.433 e. The summed E-state index contributed by atoms with van der Waals surface area (Å²) >= 11 is 1.08. The van der Waals surface area contributed by atoms with Crippen LogP contribution in [0.3, 0.4) is 0 Å². The molecule has 1 fully saturated rings. The zero-order chi connectivity index (χ0) is 13.8. The smallest absolute Gasteiger partial charge is 0.387 e. The van der Waals surface area contributed by atoms with E-state index in [-0.39, 0.29) is 28.7 Å². The third kappa shape index (κ3) is 3.42. The van der Waals surface area contributed by atoms with Crippen molar-refractivity contribution in [2.24, 2.45) is 0 Å². The van der Waals surface area contributed by atoms with Crippen molar-refractivity contribution in [3.05, 3.63) is 16.3 Å². The van der Waals surface area contributed by atoms with Crippen molar-refractivity contribution in [2.75, 3.05) is 7.11 Å². The molecule has 1 saturated carbocycles. The predicted octanol–water partition coefficient (Wildman–Crippen LogP) is 2.65. The fraction of sp³-hybridized carbons (Fsp3) is 0.583. The number of hydrogen-bond acceptors (Lipinski definition) is 4. The van der Waals surface area contributed by atoms with E-state index < -0.39 is 6.61 Å². The molecule has 1 aromatic rings. The van der Waals surface area contributed by atoms with E-state index in [1.54, 1.807) is 12.5 Å². The average Bonchev–Trinajstić information content (AvgIpc) is 2.97. The second-order valence-electron chi connectivity index (χ2n) is 4.28. The molecule has 1 aromatic heterocycles. The van der Waals surface area contributed by atoms with Crippen LogP contribution in [-0.2, 0) is 4.74 Å². The summed E-state index contributed by atoms with van der Waals surface area (Å²) < 4.78 is 34.0. The maximum Gasteiger partial charge on any atom is 0.387 e. The highest BCUT2D eigenvalue weighted by molar-refractivity contribution is 7.12. The van der Waals surface area contributed by atoms with Crippen molar-refractivity contribution in [3.63, 3.8) is 0 Å². The van der Waals surface area contributed by atoms with E-state index in [0.717, 1.165) is 30.6 Å². The Bertz CT molecular complexity index is 438. The number of amides is 1. The van der Waals surface area contributed by atoms with E-state index >= 15 is 0 Å². The van der Waals surface area contributed by atoms with Gasteiger partial charge >= 0.3 is 6.61 Å². The second kappa shape index (κ2) is 6.29. The average molecular weight is 291 g/mol. The molecule has 1 amide bonds. The van der Waals surface area contributed by atoms with Gasteiger partial charge in [0.05, 0.1) is 12.1 Å². The number of carbonyl (C=O) groups excluding carboxylic acids is 1. The Morgan fingerprint density at radius 3 is 3.00 bits per heavy atom. The number of hydrogen-bond donors (Lipinski definition) is 1. The van der Waals surface area contributed by atoms with Crippen molar-refractivity contribution >= 4 is 17.2 Å². The molecule has 0 saturated heterocycles. The minimum atomic E-state index is -2.93. The first kappa shape index (κ1) is 14.2. The quantitative estimate of drug-likeness (QED) is 0.907. The molecule has 1 aliphatic rings. The van der Waals surface area contributed by atoms with Crippen molar-refractivity contribution < 1.29 is 23.0 Å². The molecule has 106 valence electrons. The number of thiophene rings is 1. The Balaban J connectivity index is 2.01. The van der Waals surface area contributed by atoms with Gasteiger partial charge in [0.25, 0.3) is 5.91 Å². The summed E-state index contributed by atoms with van der Waals surface area (Å²) in [6.07, 6.45) is 2.70. The van der Waals surface area contributed by atoms with Gasteiger partial charge < -0.3 is 14.8 Å². The summed E-state index contributed by atoms with van der Waals surface area (Å²) in [4.78, 5) is 12.2. The first-order valence-electron chi connectivity index (χ1n) is 5.97. The van der Waals surface area contributed by atoms with Gasteiger partial charge in [-0.15, -0.1) is 11.3 Å². The molecular formula is C12H15F2NO3S. The van der Waals surface area contributed by atoms with Crippen LogP contribution in [0, 0.1) is 0 Å². The standard InChI is InChI=1S/C12H15F2NO3S/c1-17-8-4-2-3-7(8)15-11(16)10-9(5-6-19-10)18-12(13)14/h5-8,12H,2-4H2,1H3,(H,15,16)/t7-,8+/m0/s1. The van der Waals surface area contributed by atoms with Crippen LogP contribution in [0.4, 0.5) is 8.78 Å². The third-order valence-corrected chi connectivity index (χ3v) is 4.02. The maximum absolute atomic E-state index is 12.2. The minimum absolute atomic E-state index is 0.0108. The SMILES string of the molecule is CO[C@@H]1CCC[C@@H]1NC(=O)c1sccc1OC(F)F. The van der Waals surface area contributed by atoms with Gasteiger partial charge in [-0.3, -0.25) is 4.79 Å². The summed E-state index contributed by atoms with van der Waals surface area (Å²) in [5, 5.41) is 4.37. The highest BCUT2D eigenvalue weighted by Gasteiger charge is 2.29. The highest BCUT2D eigenvalue weighted by atomic mass is 32.1. The molecule has 1 N–H and O–H groups in total. The molecule has 1 heterocycles. The topological polar surface area (TPSA) is 47.6 Å². The van der Waals surface area contributed by atoms with Gasteiger partial charge in [0, 0.05) is 7.11 Å². The number of halogens is 2. The van der Waals surface area contributed by atoms with Gasteiger partial charge in [-0.2, -0.15) is 8.78 Å². The molecule has 0 spiro atoms. The van der Waals surface area contributed by atoms with E-state index in [4.69, 9.17) is 4.74 Å². The summed E-state index contributed by atoms with van der Waals surface area (Å²) in [5.74, 6) is -0.468. The molecule has 0 bridgehead atoms. The van der Waals surface area contributed by atoms with Gasteiger partial charge in [-0.1, -0.05) is 0 Å². The minimum Gasteiger partial charge on any atom is -0.433 e. The molecular weight excluding hydrogens is 276 g/mol. The molecule has 2 rings (SSSR count). The zero-order valence-corrected chi connectivity index (χ0v) is 11.2. The van der Waals surface area contributed by atoms with Crippen LogP contribution in [0.25, 0.3) is 0 Å². The maximum atomic E-state index is 12.2. The lowest BCUT2D eigenvalue weighted by atomic mass is 10.2. The molecule has 7 heteroatoms. The number of carbonyl (C=O) groups is 1. The van der Waals surface area contributed by atoms with Crippen LogP contribution in [0.1, 0.15) is 28.9 Å². The third-order valence-electron chi connectivity index (χ3n) is 3.12. The molecule has 0 aliphatic heterocycles. The lowest BCUT2D eigenvalue weighted by Crippen LogP contribution is -2.40. The van der Waals surface area contributed by atoms with Crippen LogP contribution >= 0.6 is 11.3 Å². The first-order chi connectivity index (χ1) is 9.11. The van der Waals surface area contributed by atoms with Crippen molar-refractivity contribution in [3.8, 4) is 5.75 Å². The van der Waals surface area contributed by atoms with Gasteiger partial charge in [0.1, 0.15) is 10.6 Å². The van der Waals surface area contributed by atoms with Crippen LogP contribution in [0.2, 0.25) is 0 Å². The van der Waals surface area contributed by atoms with Crippen LogP contribution in [0.5, 0.6) is 5.75 Å². The zero-order valence-electron chi connectivity index (χ0n) is 10.4. The summed E-state index contributed by atoms with van der Waals surface area (Å²) in [6, 6.07) is 1.30. The van der Waals surface area contributed by atoms with E-state index in [0.29, 0.717) is 0 Å². The van der Waals surface area contributed by atoms with E-state index in [1.165, 1.54) is 6.07 Å². The van der Waals surface area contributed by atoms with Crippen molar-refractivity contribution in [1.29, 1.82) is 0 Å². The highest BCUT2D eigenvalue weighted by Crippen LogP contribution is 2.28. The van der Waals surface area contributed by atoms with E-state index in [1.807, 2.05) is 0 Å². The fourth-order valence-electron chi connectivity index (χ4n) is 2.26. The molecule has 0 unspecified atom stereocenters. The predicted molar refractivity (Wildman–Crippen MR) is 66.9 cm³/mol. The van der Waals surface area contributed by atoms with Crippen molar-refractivity contribution in [1.82, 2.24) is 5.32 Å². The Hall–Kier alpha value is -1.21. The summed E-state index contributed by atoms with van der Waals surface area (Å²) in [6.45, 7) is -2.93. The Labute approximate surface area is 113 Å². The monoisotopic (exact) mass is 291 g/mol. The van der Waals surface area contributed by atoms with Crippen LogP contribution in [0.15, 0.2) is 11.4 Å². The number of alkyl halides is 2. The molecule has 2 atom stereocenters. The second-order valence-corrected chi connectivity index (χ2v) is 5.19. The van der Waals surface area contributed by atoms with Crippen LogP contribution in [-0.4, -0.2) is 31.8 Å². The number of nitrogens with one attached hydrogen (secondary N) is 1. The van der Waals surface area contributed by atoms with Gasteiger partial charge in [-0.05, 0) is 30.7 Å². The van der Waals surface area contributed by atoms with Gasteiger partial charge in [0.2, 0.25) is 0 Å². The molecule has 0 aromatic carbocycles. The number of rotatable bonds is 5. The van der Waals surface area contributed by atoms with E-state index in [2.05, 4.69) is 10.1 Å². The molecule has 4 nitrogen and oxygen atoms in total. The first-order valence-corrected chi connectivity index (χ1v) is 6.85. The Morgan fingerprint density at radius 2 is 2.32 bits per heavy atom. The van der Waals surface area contributed by atoms with Gasteiger partial charge in [0.15, 0.2) is 0 Å². The van der Waals surface area contributed by atoms with Gasteiger partial charge in [-0.25, -0.2) is 0 Å². The molecule has 19 heavy (non-hydrogen) atoms. The number of ether oxygens (including phenoxy) is 2. The van der Waals surface area contributed by atoms with Crippen molar-refractivity contribution in [2.45, 2.75) is 38.0 Å². The van der Waals surface area contributed by atoms with Crippen LogP contribution < -0.4 is 10.1 Å². The summed E-state index contributed by atoms with van der Waals surface area (Å²) in [5.41, 5.74) is 0. The fourth-order valence-corrected chi connectivity index (χ4v) is 2.99. The lowest BCUT2D eigenvalue weighted by molar-refractivity contribution is -0.0498. The Kier molecular flexibility index (Phi) is 4.71. The Morgan fingerprint density at radius 1 is 1.53 bits per heavy atom. The lowest BCUT2D eigenvalue weighted by Gasteiger charge is -2.19. The normalized spacial score (nSPS) is 22.7. The summed E-state index contributed by atoms with van der Waals surface area (Å²) in [7, 11) is 1.60. The van der Waals surface area contributed by atoms with E-state index in [9.17, 15) is 13.6 Å². The molecule has 0 radical (unpaired) electrons.